The van der Waals surface area contributed by atoms with Crippen LogP contribution in [0.4, 0.5) is 4.79 Å². The first-order valence-electron chi connectivity index (χ1n) is 8.06. The van der Waals surface area contributed by atoms with Gasteiger partial charge in [-0.05, 0) is 53.4 Å². The molecule has 0 radical (unpaired) electrons. The minimum atomic E-state index is -0.452. The van der Waals surface area contributed by atoms with Gasteiger partial charge in [-0.2, -0.15) is 0 Å². The van der Waals surface area contributed by atoms with Gasteiger partial charge in [0.25, 0.3) is 0 Å². The van der Waals surface area contributed by atoms with Crippen molar-refractivity contribution in [3.63, 3.8) is 0 Å². The highest BCUT2D eigenvalue weighted by Crippen LogP contribution is 2.22. The van der Waals surface area contributed by atoms with E-state index in [1.807, 2.05) is 25.7 Å². The molecule has 1 aliphatic rings. The summed E-state index contributed by atoms with van der Waals surface area (Å²) < 4.78 is 5.48. The lowest BCUT2D eigenvalue weighted by Gasteiger charge is -2.33. The Bertz CT molecular complexity index is 341. The zero-order chi connectivity index (χ0) is 16.1. The molecule has 1 saturated heterocycles. The van der Waals surface area contributed by atoms with E-state index in [1.165, 1.54) is 0 Å². The molecule has 1 heterocycles. The van der Waals surface area contributed by atoms with Crippen molar-refractivity contribution < 1.29 is 14.6 Å². The first-order valence-corrected chi connectivity index (χ1v) is 8.06. The summed E-state index contributed by atoms with van der Waals surface area (Å²) in [5.41, 5.74) is -0.524. The lowest BCUT2D eigenvalue weighted by atomic mass is 9.94. The van der Waals surface area contributed by atoms with Crippen molar-refractivity contribution in [2.75, 3.05) is 19.7 Å². The number of rotatable bonds is 6. The number of hydrogen-bond donors (Lipinski definition) is 2. The van der Waals surface area contributed by atoms with E-state index in [1.54, 1.807) is 0 Å². The molecule has 5 heteroatoms. The minimum absolute atomic E-state index is 0.0725. The Labute approximate surface area is 129 Å². The molecule has 1 amide bonds. The van der Waals surface area contributed by atoms with E-state index in [0.717, 1.165) is 38.8 Å². The Morgan fingerprint density at radius 1 is 1.38 bits per heavy atom. The Kier molecular flexibility index (Phi) is 6.47. The van der Waals surface area contributed by atoms with Gasteiger partial charge in [0.1, 0.15) is 5.60 Å². The maximum Gasteiger partial charge on any atom is 0.410 e. The summed E-state index contributed by atoms with van der Waals surface area (Å²) >= 11 is 0. The van der Waals surface area contributed by atoms with E-state index in [2.05, 4.69) is 19.2 Å². The molecule has 1 fully saturated rings. The second kappa shape index (κ2) is 7.45. The fourth-order valence-electron chi connectivity index (χ4n) is 2.61. The van der Waals surface area contributed by atoms with E-state index in [9.17, 15) is 4.79 Å². The molecule has 0 spiro atoms. The van der Waals surface area contributed by atoms with Crippen molar-refractivity contribution in [1.29, 1.82) is 0 Å². The predicted octanol–water partition coefficient (Wildman–Crippen LogP) is 2.53. The number of carbonyl (C=O) groups is 1. The number of hydrogen-bond acceptors (Lipinski definition) is 4. The highest BCUT2D eigenvalue weighted by Gasteiger charge is 2.33. The van der Waals surface area contributed by atoms with Crippen LogP contribution in [0.3, 0.4) is 0 Å². The number of aliphatic hydroxyl groups is 1. The Balaban J connectivity index is 2.56. The van der Waals surface area contributed by atoms with Gasteiger partial charge in [0.05, 0.1) is 0 Å². The first-order chi connectivity index (χ1) is 9.71. The molecule has 5 nitrogen and oxygen atoms in total. The number of nitrogens with one attached hydrogen (secondary N) is 1. The molecule has 2 N–H and O–H groups in total. The highest BCUT2D eigenvalue weighted by atomic mass is 16.6. The SMILES string of the molecule is CCC(C)(CCO)NCC1CCCN1C(=O)OC(C)(C)C. The molecule has 2 atom stereocenters. The Morgan fingerprint density at radius 2 is 2.05 bits per heavy atom. The Morgan fingerprint density at radius 3 is 2.57 bits per heavy atom. The van der Waals surface area contributed by atoms with Crippen LogP contribution in [0.5, 0.6) is 0 Å². The molecular formula is C16H32N2O3. The minimum Gasteiger partial charge on any atom is -0.444 e. The smallest absolute Gasteiger partial charge is 0.410 e. The monoisotopic (exact) mass is 300 g/mol. The van der Waals surface area contributed by atoms with Gasteiger partial charge in [0, 0.05) is 31.3 Å². The van der Waals surface area contributed by atoms with E-state index < -0.39 is 5.60 Å². The maximum absolute atomic E-state index is 12.2. The van der Waals surface area contributed by atoms with E-state index in [-0.39, 0.29) is 24.3 Å². The molecule has 1 rings (SSSR count). The average molecular weight is 300 g/mol. The fourth-order valence-corrected chi connectivity index (χ4v) is 2.61. The molecule has 0 aromatic heterocycles. The molecule has 2 unspecified atom stereocenters. The molecule has 1 aliphatic heterocycles. The summed E-state index contributed by atoms with van der Waals surface area (Å²) in [5, 5.41) is 12.7. The maximum atomic E-state index is 12.2. The van der Waals surface area contributed by atoms with Crippen LogP contribution < -0.4 is 5.32 Å². The molecule has 0 saturated carbocycles. The zero-order valence-corrected chi connectivity index (χ0v) is 14.2. The van der Waals surface area contributed by atoms with Gasteiger partial charge in [0.15, 0.2) is 0 Å². The first kappa shape index (κ1) is 18.2. The van der Waals surface area contributed by atoms with Crippen molar-refractivity contribution in [2.24, 2.45) is 0 Å². The summed E-state index contributed by atoms with van der Waals surface area (Å²) in [5.74, 6) is 0. The Hall–Kier alpha value is -0.810. The quantitative estimate of drug-likeness (QED) is 0.791. The second-order valence-corrected chi connectivity index (χ2v) is 7.24. The van der Waals surface area contributed by atoms with Gasteiger partial charge >= 0.3 is 6.09 Å². The van der Waals surface area contributed by atoms with Crippen LogP contribution in [0.2, 0.25) is 0 Å². The van der Waals surface area contributed by atoms with Crippen LogP contribution in [0.1, 0.15) is 60.3 Å². The standard InChI is InChI=1S/C16H32N2O3/c1-6-16(5,9-11-19)17-12-13-8-7-10-18(13)14(20)21-15(2,3)4/h13,17,19H,6-12H2,1-5H3. The third kappa shape index (κ3) is 5.83. The van der Waals surface area contributed by atoms with Gasteiger partial charge < -0.3 is 20.1 Å². The average Bonchev–Trinajstić information content (AvgIpc) is 2.83. The molecule has 124 valence electrons. The summed E-state index contributed by atoms with van der Waals surface area (Å²) in [4.78, 5) is 14.1. The fraction of sp³-hybridized carbons (Fsp3) is 0.938. The van der Waals surface area contributed by atoms with E-state index in [0.29, 0.717) is 0 Å². The number of aliphatic hydroxyl groups excluding tert-OH is 1. The lowest BCUT2D eigenvalue weighted by molar-refractivity contribution is 0.0219. The van der Waals surface area contributed by atoms with E-state index >= 15 is 0 Å². The molecule has 0 aromatic carbocycles. The summed E-state index contributed by atoms with van der Waals surface area (Å²) in [6.45, 7) is 11.6. The van der Waals surface area contributed by atoms with E-state index in [4.69, 9.17) is 9.84 Å². The lowest BCUT2D eigenvalue weighted by Crippen LogP contribution is -2.50. The highest BCUT2D eigenvalue weighted by molar-refractivity contribution is 5.69. The topological polar surface area (TPSA) is 61.8 Å². The number of ether oxygens (including phenoxy) is 1. The molecule has 0 aliphatic carbocycles. The van der Waals surface area contributed by atoms with Crippen molar-refractivity contribution in [3.8, 4) is 0 Å². The van der Waals surface area contributed by atoms with Crippen LogP contribution in [-0.4, -0.2) is 53.0 Å². The largest absolute Gasteiger partial charge is 0.444 e. The summed E-state index contributed by atoms with van der Waals surface area (Å²) in [7, 11) is 0. The van der Waals surface area contributed by atoms with Crippen molar-refractivity contribution >= 4 is 6.09 Å². The van der Waals surface area contributed by atoms with Gasteiger partial charge in [-0.15, -0.1) is 0 Å². The van der Waals surface area contributed by atoms with Crippen molar-refractivity contribution in [1.82, 2.24) is 10.2 Å². The third-order valence-corrected chi connectivity index (χ3v) is 4.21. The summed E-state index contributed by atoms with van der Waals surface area (Å²) in [6, 6.07) is 0.185. The van der Waals surface area contributed by atoms with Gasteiger partial charge in [-0.25, -0.2) is 4.79 Å². The van der Waals surface area contributed by atoms with Gasteiger partial charge in [-0.3, -0.25) is 0 Å². The molecule has 21 heavy (non-hydrogen) atoms. The number of nitrogens with zero attached hydrogens (tertiary/aromatic N) is 1. The van der Waals surface area contributed by atoms with Crippen molar-refractivity contribution in [3.05, 3.63) is 0 Å². The van der Waals surface area contributed by atoms with Crippen LogP contribution >= 0.6 is 0 Å². The second-order valence-electron chi connectivity index (χ2n) is 7.24. The predicted molar refractivity (Wildman–Crippen MR) is 84.4 cm³/mol. The van der Waals surface area contributed by atoms with Gasteiger partial charge in [0.2, 0.25) is 0 Å². The number of amides is 1. The van der Waals surface area contributed by atoms with Crippen LogP contribution in [0.15, 0.2) is 0 Å². The molecular weight excluding hydrogens is 268 g/mol. The van der Waals surface area contributed by atoms with Crippen molar-refractivity contribution in [2.45, 2.75) is 77.5 Å². The molecule has 0 aromatic rings. The van der Waals surface area contributed by atoms with Gasteiger partial charge in [-0.1, -0.05) is 6.92 Å². The normalized spacial score (nSPS) is 22.2. The van der Waals surface area contributed by atoms with Crippen LogP contribution in [0, 0.1) is 0 Å². The van der Waals surface area contributed by atoms with Crippen LogP contribution in [0.25, 0.3) is 0 Å². The third-order valence-electron chi connectivity index (χ3n) is 4.21. The number of carbonyl (C=O) groups excluding carboxylic acids is 1. The van der Waals surface area contributed by atoms with Crippen LogP contribution in [-0.2, 0) is 4.74 Å². The summed E-state index contributed by atoms with van der Waals surface area (Å²) in [6.07, 6.45) is 3.49. The zero-order valence-electron chi connectivity index (χ0n) is 14.2. The number of likely N-dealkylation sites (tertiary alicyclic amines) is 1. The molecule has 0 bridgehead atoms.